The normalized spacial score (nSPS) is 12.5. The summed E-state index contributed by atoms with van der Waals surface area (Å²) in [5.41, 5.74) is 4.76. The monoisotopic (exact) mass is 262 g/mol. The molecule has 0 aromatic heterocycles. The van der Waals surface area contributed by atoms with Crippen molar-refractivity contribution in [1.82, 2.24) is 0 Å². The number of aryl methyl sites for hydroxylation is 3. The summed E-state index contributed by atoms with van der Waals surface area (Å²) in [7, 11) is 0. The van der Waals surface area contributed by atoms with Crippen LogP contribution in [0.3, 0.4) is 0 Å². The first-order chi connectivity index (χ1) is 8.49. The van der Waals surface area contributed by atoms with Crippen LogP contribution in [0.2, 0.25) is 0 Å². The number of halogens is 2. The summed E-state index contributed by atoms with van der Waals surface area (Å²) >= 11 is 6.37. The lowest BCUT2D eigenvalue weighted by molar-refractivity contribution is 0.611. The molecule has 0 saturated carbocycles. The van der Waals surface area contributed by atoms with Gasteiger partial charge in [-0.25, -0.2) is 4.39 Å². The van der Waals surface area contributed by atoms with Gasteiger partial charge in [0.2, 0.25) is 0 Å². The summed E-state index contributed by atoms with van der Waals surface area (Å²) in [4.78, 5) is 0. The summed E-state index contributed by atoms with van der Waals surface area (Å²) in [6, 6.07) is 11.2. The molecule has 0 aliphatic rings. The summed E-state index contributed by atoms with van der Waals surface area (Å²) in [6.45, 7) is 5.95. The van der Waals surface area contributed by atoms with Crippen LogP contribution in [-0.2, 0) is 0 Å². The molecule has 0 spiro atoms. The van der Waals surface area contributed by atoms with Crippen LogP contribution in [0.15, 0.2) is 36.4 Å². The third-order valence-electron chi connectivity index (χ3n) is 3.25. The maximum absolute atomic E-state index is 13.9. The SMILES string of the molecule is Cc1ccc(C(Cl)c2ccc(C)c(C)c2)c(F)c1. The molecule has 18 heavy (non-hydrogen) atoms. The first-order valence-electron chi connectivity index (χ1n) is 5.96. The van der Waals surface area contributed by atoms with Crippen LogP contribution < -0.4 is 0 Å². The Morgan fingerprint density at radius 1 is 0.944 bits per heavy atom. The highest BCUT2D eigenvalue weighted by Gasteiger charge is 2.15. The van der Waals surface area contributed by atoms with E-state index in [0.29, 0.717) is 5.56 Å². The smallest absolute Gasteiger partial charge is 0.128 e. The lowest BCUT2D eigenvalue weighted by Crippen LogP contribution is -1.98. The van der Waals surface area contributed by atoms with Gasteiger partial charge in [0.15, 0.2) is 0 Å². The van der Waals surface area contributed by atoms with E-state index < -0.39 is 5.38 Å². The van der Waals surface area contributed by atoms with E-state index in [-0.39, 0.29) is 5.82 Å². The minimum Gasteiger partial charge on any atom is -0.207 e. The van der Waals surface area contributed by atoms with E-state index in [9.17, 15) is 4.39 Å². The van der Waals surface area contributed by atoms with E-state index >= 15 is 0 Å². The van der Waals surface area contributed by atoms with E-state index in [1.807, 2.05) is 38.1 Å². The van der Waals surface area contributed by atoms with E-state index in [1.54, 1.807) is 6.07 Å². The summed E-state index contributed by atoms with van der Waals surface area (Å²) in [5, 5.41) is -0.440. The van der Waals surface area contributed by atoms with Crippen LogP contribution in [0.4, 0.5) is 4.39 Å². The Labute approximate surface area is 112 Å². The van der Waals surface area contributed by atoms with Crippen molar-refractivity contribution in [2.45, 2.75) is 26.1 Å². The van der Waals surface area contributed by atoms with Crippen LogP contribution in [0.25, 0.3) is 0 Å². The van der Waals surface area contributed by atoms with Crippen molar-refractivity contribution in [2.75, 3.05) is 0 Å². The van der Waals surface area contributed by atoms with Gasteiger partial charge in [-0.05, 0) is 49.1 Å². The van der Waals surface area contributed by atoms with Crippen LogP contribution in [-0.4, -0.2) is 0 Å². The largest absolute Gasteiger partial charge is 0.207 e. The Hall–Kier alpha value is -1.34. The van der Waals surface area contributed by atoms with Crippen molar-refractivity contribution >= 4 is 11.6 Å². The maximum Gasteiger partial charge on any atom is 0.128 e. The first kappa shape index (κ1) is 13.1. The fourth-order valence-corrected chi connectivity index (χ4v) is 2.25. The molecule has 0 aliphatic heterocycles. The van der Waals surface area contributed by atoms with Crippen LogP contribution >= 0.6 is 11.6 Å². The molecule has 2 heteroatoms. The molecule has 2 rings (SSSR count). The molecule has 0 N–H and O–H groups in total. The molecular formula is C16H16ClF. The minimum absolute atomic E-state index is 0.242. The highest BCUT2D eigenvalue weighted by molar-refractivity contribution is 6.22. The van der Waals surface area contributed by atoms with Gasteiger partial charge in [-0.2, -0.15) is 0 Å². The van der Waals surface area contributed by atoms with E-state index in [4.69, 9.17) is 11.6 Å². The van der Waals surface area contributed by atoms with E-state index in [2.05, 4.69) is 6.92 Å². The Balaban J connectivity index is 2.41. The van der Waals surface area contributed by atoms with Gasteiger partial charge in [0, 0.05) is 5.56 Å². The first-order valence-corrected chi connectivity index (χ1v) is 6.40. The Bertz CT molecular complexity index is 575. The Morgan fingerprint density at radius 3 is 2.28 bits per heavy atom. The lowest BCUT2D eigenvalue weighted by Gasteiger charge is -2.13. The van der Waals surface area contributed by atoms with Crippen molar-refractivity contribution in [3.8, 4) is 0 Å². The number of benzene rings is 2. The molecule has 94 valence electrons. The predicted molar refractivity (Wildman–Crippen MR) is 74.7 cm³/mol. The molecule has 0 amide bonds. The second-order valence-electron chi connectivity index (χ2n) is 4.73. The van der Waals surface area contributed by atoms with Gasteiger partial charge in [0.1, 0.15) is 5.82 Å². The maximum atomic E-state index is 13.9. The van der Waals surface area contributed by atoms with Crippen LogP contribution in [0.5, 0.6) is 0 Å². The molecule has 0 nitrogen and oxygen atoms in total. The number of hydrogen-bond acceptors (Lipinski definition) is 0. The van der Waals surface area contributed by atoms with Gasteiger partial charge in [-0.15, -0.1) is 11.6 Å². The molecule has 0 bridgehead atoms. The predicted octanol–water partition coefficient (Wildman–Crippen LogP) is 5.08. The average molecular weight is 263 g/mol. The zero-order valence-electron chi connectivity index (χ0n) is 10.8. The van der Waals surface area contributed by atoms with Gasteiger partial charge in [-0.1, -0.05) is 30.3 Å². The zero-order valence-corrected chi connectivity index (χ0v) is 11.6. The zero-order chi connectivity index (χ0) is 13.3. The van der Waals surface area contributed by atoms with Gasteiger partial charge in [0.25, 0.3) is 0 Å². The highest BCUT2D eigenvalue weighted by Crippen LogP contribution is 2.31. The fourth-order valence-electron chi connectivity index (χ4n) is 1.94. The second kappa shape index (κ2) is 5.11. The number of hydrogen-bond donors (Lipinski definition) is 0. The quantitative estimate of drug-likeness (QED) is 0.662. The number of alkyl halides is 1. The van der Waals surface area contributed by atoms with E-state index in [1.165, 1.54) is 17.2 Å². The van der Waals surface area contributed by atoms with Gasteiger partial charge >= 0.3 is 0 Å². The standard InChI is InChI=1S/C16H16ClF/c1-10-4-7-14(15(18)8-10)16(17)13-6-5-11(2)12(3)9-13/h4-9,16H,1-3H3. The molecule has 0 radical (unpaired) electrons. The molecule has 0 fully saturated rings. The molecule has 0 heterocycles. The van der Waals surface area contributed by atoms with E-state index in [0.717, 1.165) is 11.1 Å². The van der Waals surface area contributed by atoms with Crippen LogP contribution in [0.1, 0.15) is 33.2 Å². The van der Waals surface area contributed by atoms with Crippen molar-refractivity contribution < 1.29 is 4.39 Å². The van der Waals surface area contributed by atoms with Gasteiger partial charge in [-0.3, -0.25) is 0 Å². The molecular weight excluding hydrogens is 247 g/mol. The third kappa shape index (κ3) is 2.56. The highest BCUT2D eigenvalue weighted by atomic mass is 35.5. The van der Waals surface area contributed by atoms with Crippen molar-refractivity contribution in [1.29, 1.82) is 0 Å². The minimum atomic E-state index is -0.440. The third-order valence-corrected chi connectivity index (χ3v) is 3.74. The molecule has 1 unspecified atom stereocenters. The Kier molecular flexibility index (Phi) is 3.72. The number of rotatable bonds is 2. The second-order valence-corrected chi connectivity index (χ2v) is 5.17. The molecule has 0 saturated heterocycles. The van der Waals surface area contributed by atoms with Crippen molar-refractivity contribution in [3.05, 3.63) is 70.0 Å². The topological polar surface area (TPSA) is 0 Å². The lowest BCUT2D eigenvalue weighted by atomic mass is 9.99. The van der Waals surface area contributed by atoms with Crippen LogP contribution in [0, 0.1) is 26.6 Å². The molecule has 2 aromatic rings. The fraction of sp³-hybridized carbons (Fsp3) is 0.250. The molecule has 1 atom stereocenters. The Morgan fingerprint density at radius 2 is 1.67 bits per heavy atom. The summed E-state index contributed by atoms with van der Waals surface area (Å²) < 4.78 is 13.9. The molecule has 0 aliphatic carbocycles. The van der Waals surface area contributed by atoms with Gasteiger partial charge in [0.05, 0.1) is 5.38 Å². The van der Waals surface area contributed by atoms with Gasteiger partial charge < -0.3 is 0 Å². The van der Waals surface area contributed by atoms with Crippen molar-refractivity contribution in [2.24, 2.45) is 0 Å². The average Bonchev–Trinajstić information content (AvgIpc) is 2.32. The summed E-state index contributed by atoms with van der Waals surface area (Å²) in [6.07, 6.45) is 0. The van der Waals surface area contributed by atoms with Crippen molar-refractivity contribution in [3.63, 3.8) is 0 Å². The summed E-state index contributed by atoms with van der Waals surface area (Å²) in [5.74, 6) is -0.242. The molecule has 2 aromatic carbocycles.